The number of aromatic nitrogens is 1. The fourth-order valence-electron chi connectivity index (χ4n) is 2.69. The van der Waals surface area contributed by atoms with E-state index in [1.807, 2.05) is 24.4 Å². The molecule has 3 rings (SSSR count). The van der Waals surface area contributed by atoms with Crippen LogP contribution in [-0.2, 0) is 12.0 Å². The monoisotopic (exact) mass is 544 g/mol. The Labute approximate surface area is 196 Å². The number of halogens is 2. The van der Waals surface area contributed by atoms with Crippen LogP contribution in [0, 0.1) is 5.82 Å². The van der Waals surface area contributed by atoms with Crippen molar-refractivity contribution in [2.75, 3.05) is 19.6 Å². The number of rotatable bonds is 8. The topological polar surface area (TPSA) is 82.7 Å². The lowest BCUT2D eigenvalue weighted by Gasteiger charge is -2.20. The zero-order valence-corrected chi connectivity index (χ0v) is 20.0. The number of benzene rings is 1. The van der Waals surface area contributed by atoms with Gasteiger partial charge in [-0.2, -0.15) is 0 Å². The van der Waals surface area contributed by atoms with Gasteiger partial charge >= 0.3 is 0 Å². The third kappa shape index (κ3) is 6.78. The predicted octanol–water partition coefficient (Wildman–Crippen LogP) is 4.17. The summed E-state index contributed by atoms with van der Waals surface area (Å²) in [6.45, 7) is 5.31. The third-order valence-electron chi connectivity index (χ3n) is 4.26. The molecule has 0 fully saturated rings. The number of hydrogen-bond acceptors (Lipinski definition) is 5. The normalized spacial score (nSPS) is 13.4. The van der Waals surface area contributed by atoms with E-state index < -0.39 is 5.60 Å². The molecule has 30 heavy (non-hydrogen) atoms. The average molecular weight is 544 g/mol. The van der Waals surface area contributed by atoms with Crippen LogP contribution in [0.5, 0.6) is 0 Å². The predicted molar refractivity (Wildman–Crippen MR) is 129 cm³/mol. The highest BCUT2D eigenvalue weighted by Gasteiger charge is 2.24. The molecule has 0 amide bonds. The zero-order valence-electron chi connectivity index (χ0n) is 16.9. The molecule has 0 saturated carbocycles. The Hall–Kier alpha value is -1.98. The minimum Gasteiger partial charge on any atom is -0.444 e. The van der Waals surface area contributed by atoms with Crippen molar-refractivity contribution in [2.45, 2.75) is 25.9 Å². The molecule has 0 aliphatic heterocycles. The Bertz CT molecular complexity index is 927. The van der Waals surface area contributed by atoms with Crippen molar-refractivity contribution in [1.82, 2.24) is 15.6 Å². The van der Waals surface area contributed by atoms with E-state index in [1.54, 1.807) is 25.3 Å². The second-order valence-electron chi connectivity index (χ2n) is 6.77. The number of nitrogens with one attached hydrogen (secondary N) is 2. The van der Waals surface area contributed by atoms with Crippen LogP contribution in [-0.4, -0.2) is 35.7 Å². The van der Waals surface area contributed by atoms with Crippen LogP contribution in [0.1, 0.15) is 24.4 Å². The molecular formula is C21H26FIN4O2S. The Morgan fingerprint density at radius 1 is 1.27 bits per heavy atom. The molecule has 1 aromatic carbocycles. The van der Waals surface area contributed by atoms with Crippen LogP contribution in [0.3, 0.4) is 0 Å². The minimum atomic E-state index is -1.01. The minimum absolute atomic E-state index is 0. The van der Waals surface area contributed by atoms with Crippen molar-refractivity contribution in [3.05, 3.63) is 64.4 Å². The van der Waals surface area contributed by atoms with E-state index in [1.165, 1.54) is 23.5 Å². The lowest BCUT2D eigenvalue weighted by molar-refractivity contribution is 0.0711. The number of guanidine groups is 1. The molecule has 1 atom stereocenters. The molecule has 0 bridgehead atoms. The van der Waals surface area contributed by atoms with Gasteiger partial charge in [0, 0.05) is 30.0 Å². The average Bonchev–Trinajstić information content (AvgIpc) is 3.39. The second-order valence-corrected chi connectivity index (χ2v) is 7.72. The van der Waals surface area contributed by atoms with Crippen LogP contribution in [0.4, 0.5) is 4.39 Å². The summed E-state index contributed by atoms with van der Waals surface area (Å²) in [4.78, 5) is 9.83. The summed E-state index contributed by atoms with van der Waals surface area (Å²) >= 11 is 1.51. The van der Waals surface area contributed by atoms with Gasteiger partial charge in [0.25, 0.3) is 0 Å². The van der Waals surface area contributed by atoms with Crippen LogP contribution in [0.2, 0.25) is 0 Å². The van der Waals surface area contributed by atoms with E-state index in [2.05, 4.69) is 20.6 Å². The number of nitrogens with zero attached hydrogens (tertiary/aromatic N) is 2. The summed E-state index contributed by atoms with van der Waals surface area (Å²) in [5.74, 6) is 0.803. The van der Waals surface area contributed by atoms with Crippen molar-refractivity contribution < 1.29 is 13.9 Å². The molecule has 3 aromatic rings. The van der Waals surface area contributed by atoms with Gasteiger partial charge in [0.05, 0.1) is 12.2 Å². The number of aliphatic hydroxyl groups is 1. The summed E-state index contributed by atoms with van der Waals surface area (Å²) in [7, 11) is 0. The highest BCUT2D eigenvalue weighted by molar-refractivity contribution is 14.0. The molecule has 2 aromatic heterocycles. The summed E-state index contributed by atoms with van der Waals surface area (Å²) in [6.07, 6.45) is 2.24. The van der Waals surface area contributed by atoms with Crippen molar-refractivity contribution in [1.29, 1.82) is 0 Å². The molecule has 0 aliphatic rings. The van der Waals surface area contributed by atoms with Gasteiger partial charge in [-0.25, -0.2) is 14.4 Å². The molecule has 2 heterocycles. The van der Waals surface area contributed by atoms with E-state index >= 15 is 0 Å². The smallest absolute Gasteiger partial charge is 0.226 e. The van der Waals surface area contributed by atoms with Gasteiger partial charge in [0.2, 0.25) is 5.89 Å². The Balaban J connectivity index is 0.00000320. The lowest BCUT2D eigenvalue weighted by atomic mass is 10.1. The molecule has 0 saturated heterocycles. The molecule has 9 heteroatoms. The van der Waals surface area contributed by atoms with Crippen molar-refractivity contribution in [3.63, 3.8) is 0 Å². The fourth-order valence-corrected chi connectivity index (χ4v) is 3.47. The fraction of sp³-hybridized carbons (Fsp3) is 0.333. The van der Waals surface area contributed by atoms with Gasteiger partial charge in [0.1, 0.15) is 17.7 Å². The first-order valence-electron chi connectivity index (χ1n) is 9.47. The summed E-state index contributed by atoms with van der Waals surface area (Å²) < 4.78 is 18.5. The van der Waals surface area contributed by atoms with Gasteiger partial charge in [-0.3, -0.25) is 0 Å². The lowest BCUT2D eigenvalue weighted by Crippen LogP contribution is -2.39. The van der Waals surface area contributed by atoms with Gasteiger partial charge in [-0.05, 0) is 49.6 Å². The first-order valence-corrected chi connectivity index (χ1v) is 10.3. The van der Waals surface area contributed by atoms with Gasteiger partial charge < -0.3 is 20.2 Å². The third-order valence-corrected chi connectivity index (χ3v) is 5.38. The first-order chi connectivity index (χ1) is 14.0. The largest absolute Gasteiger partial charge is 0.444 e. The molecular weight excluding hydrogens is 518 g/mol. The molecule has 1 unspecified atom stereocenters. The van der Waals surface area contributed by atoms with Gasteiger partial charge in [-0.1, -0.05) is 6.07 Å². The van der Waals surface area contributed by atoms with Gasteiger partial charge in [0.15, 0.2) is 5.96 Å². The number of aliphatic imine (C=N–C) groups is 1. The van der Waals surface area contributed by atoms with Crippen LogP contribution in [0.15, 0.2) is 57.5 Å². The van der Waals surface area contributed by atoms with Crippen molar-refractivity contribution in [3.8, 4) is 11.5 Å². The maximum Gasteiger partial charge on any atom is 0.226 e. The second kappa shape index (κ2) is 11.4. The number of hydrogen-bond donors (Lipinski definition) is 3. The Morgan fingerprint density at radius 3 is 2.70 bits per heavy atom. The zero-order chi connectivity index (χ0) is 20.7. The SMILES string of the molecule is CCNC(=NCC(C)(O)c1cccs1)NCCc1coc(-c2ccc(F)cc2)n1.I. The summed E-state index contributed by atoms with van der Waals surface area (Å²) in [6, 6.07) is 9.86. The van der Waals surface area contributed by atoms with E-state index in [4.69, 9.17) is 4.42 Å². The summed E-state index contributed by atoms with van der Waals surface area (Å²) in [5, 5.41) is 19.0. The van der Waals surface area contributed by atoms with E-state index in [-0.39, 0.29) is 36.3 Å². The molecule has 6 nitrogen and oxygen atoms in total. The molecule has 162 valence electrons. The summed E-state index contributed by atoms with van der Waals surface area (Å²) in [5.41, 5.74) is 0.516. The molecule has 3 N–H and O–H groups in total. The van der Waals surface area contributed by atoms with Gasteiger partial charge in [-0.15, -0.1) is 35.3 Å². The van der Waals surface area contributed by atoms with Crippen LogP contribution >= 0.6 is 35.3 Å². The van der Waals surface area contributed by atoms with E-state index in [0.29, 0.717) is 31.4 Å². The maximum absolute atomic E-state index is 13.0. The standard InChI is InChI=1S/C21H25FN4O2S.HI/c1-3-23-20(25-14-21(2,27)18-5-4-12-29-18)24-11-10-17-13-28-19(26-17)15-6-8-16(22)9-7-15;/h4-9,12-13,27H,3,10-11,14H2,1-2H3,(H2,23,24,25);1H. The number of oxazole rings is 1. The molecule has 0 radical (unpaired) electrons. The Kier molecular flexibility index (Phi) is 9.25. The quantitative estimate of drug-likeness (QED) is 0.226. The van der Waals surface area contributed by atoms with Crippen molar-refractivity contribution >= 4 is 41.3 Å². The Morgan fingerprint density at radius 2 is 2.03 bits per heavy atom. The van der Waals surface area contributed by atoms with E-state index in [9.17, 15) is 9.50 Å². The van der Waals surface area contributed by atoms with Crippen LogP contribution in [0.25, 0.3) is 11.5 Å². The molecule has 0 aliphatic carbocycles. The van der Waals surface area contributed by atoms with E-state index in [0.717, 1.165) is 16.1 Å². The molecule has 0 spiro atoms. The van der Waals surface area contributed by atoms with Crippen molar-refractivity contribution in [2.24, 2.45) is 4.99 Å². The maximum atomic E-state index is 13.0. The highest BCUT2D eigenvalue weighted by Crippen LogP contribution is 2.25. The highest BCUT2D eigenvalue weighted by atomic mass is 127. The first kappa shape index (κ1) is 24.3. The van der Waals surface area contributed by atoms with Crippen LogP contribution < -0.4 is 10.6 Å². The number of thiophene rings is 1.